The molecule has 3 aromatic rings. The van der Waals surface area contributed by atoms with Gasteiger partial charge in [0, 0.05) is 17.6 Å². The largest absolute Gasteiger partial charge is 0.497 e. The molecule has 3 aromatic carbocycles. The van der Waals surface area contributed by atoms with Crippen LogP contribution in [0, 0.1) is 6.92 Å². The van der Waals surface area contributed by atoms with E-state index in [4.69, 9.17) is 16.3 Å². The first-order valence-electron chi connectivity index (χ1n) is 13.0. The number of methoxy groups -OCH3 is 1. The number of carbonyl (C=O) groups excluding carboxylic acids is 2. The summed E-state index contributed by atoms with van der Waals surface area (Å²) in [7, 11) is -2.60. The Labute approximate surface area is 241 Å². The number of amides is 2. The molecule has 0 fully saturated rings. The molecule has 0 saturated carbocycles. The molecule has 40 heavy (non-hydrogen) atoms. The van der Waals surface area contributed by atoms with Crippen LogP contribution in [0.25, 0.3) is 0 Å². The molecule has 3 rings (SSSR count). The number of rotatable bonds is 12. The predicted octanol–water partition coefficient (Wildman–Crippen LogP) is 5.18. The minimum Gasteiger partial charge on any atom is -0.497 e. The summed E-state index contributed by atoms with van der Waals surface area (Å²) in [4.78, 5) is 28.7. The first kappa shape index (κ1) is 31.0. The third kappa shape index (κ3) is 7.55. The van der Waals surface area contributed by atoms with Gasteiger partial charge in [0.25, 0.3) is 10.0 Å². The molecule has 10 heteroatoms. The Hall–Kier alpha value is -3.56. The zero-order valence-corrected chi connectivity index (χ0v) is 25.0. The number of hydrogen-bond donors (Lipinski definition) is 1. The van der Waals surface area contributed by atoms with Crippen molar-refractivity contribution in [3.8, 4) is 5.75 Å². The summed E-state index contributed by atoms with van der Waals surface area (Å²) >= 11 is 6.01. The van der Waals surface area contributed by atoms with Crippen LogP contribution in [0.2, 0.25) is 5.02 Å². The summed E-state index contributed by atoms with van der Waals surface area (Å²) in [5.74, 6) is -0.157. The van der Waals surface area contributed by atoms with Crippen molar-refractivity contribution >= 4 is 39.1 Å². The third-order valence-corrected chi connectivity index (χ3v) is 8.42. The number of anilines is 1. The van der Waals surface area contributed by atoms with Gasteiger partial charge < -0.3 is 15.0 Å². The molecule has 214 valence electrons. The second kappa shape index (κ2) is 13.7. The molecule has 2 amide bonds. The van der Waals surface area contributed by atoms with Gasteiger partial charge in [-0.25, -0.2) is 8.42 Å². The van der Waals surface area contributed by atoms with Crippen molar-refractivity contribution in [1.29, 1.82) is 0 Å². The number of benzene rings is 3. The van der Waals surface area contributed by atoms with Crippen LogP contribution in [0.4, 0.5) is 5.69 Å². The highest BCUT2D eigenvalue weighted by atomic mass is 35.5. The van der Waals surface area contributed by atoms with Crippen LogP contribution < -0.4 is 14.4 Å². The zero-order chi connectivity index (χ0) is 29.4. The number of ether oxygens (including phenoxy) is 1. The fourth-order valence-electron chi connectivity index (χ4n) is 4.32. The van der Waals surface area contributed by atoms with Gasteiger partial charge in [0.2, 0.25) is 11.8 Å². The molecular formula is C30H36ClN3O5S. The summed E-state index contributed by atoms with van der Waals surface area (Å²) in [5, 5.41) is 3.29. The van der Waals surface area contributed by atoms with Crippen molar-refractivity contribution in [1.82, 2.24) is 10.2 Å². The van der Waals surface area contributed by atoms with Crippen LogP contribution >= 0.6 is 11.6 Å². The number of nitrogens with zero attached hydrogens (tertiary/aromatic N) is 2. The second-order valence-corrected chi connectivity index (χ2v) is 12.0. The van der Waals surface area contributed by atoms with E-state index in [-0.39, 0.29) is 23.4 Å². The molecule has 0 aliphatic heterocycles. The summed E-state index contributed by atoms with van der Waals surface area (Å²) in [6, 6.07) is 19.0. The highest BCUT2D eigenvalue weighted by Crippen LogP contribution is 2.28. The molecule has 0 unspecified atom stereocenters. The summed E-state index contributed by atoms with van der Waals surface area (Å²) in [5.41, 5.74) is 1.82. The lowest BCUT2D eigenvalue weighted by Crippen LogP contribution is -2.53. The molecular weight excluding hydrogens is 550 g/mol. The Morgan fingerprint density at radius 2 is 1.60 bits per heavy atom. The summed E-state index contributed by atoms with van der Waals surface area (Å²) in [6.07, 6.45) is 0.342. The van der Waals surface area contributed by atoms with Crippen molar-refractivity contribution < 1.29 is 22.7 Å². The Morgan fingerprint density at radius 3 is 2.15 bits per heavy atom. The van der Waals surface area contributed by atoms with E-state index in [9.17, 15) is 18.0 Å². The van der Waals surface area contributed by atoms with Gasteiger partial charge in [0.1, 0.15) is 18.3 Å². The van der Waals surface area contributed by atoms with E-state index in [0.29, 0.717) is 28.4 Å². The SMILES string of the molecule is CC[C@@H](C(=O)NC(C)C)N(Cc1ccc(OC)cc1)C(=O)CN(c1ccccc1C)S(=O)(=O)c1ccc(Cl)cc1. The lowest BCUT2D eigenvalue weighted by molar-refractivity contribution is -0.140. The first-order valence-corrected chi connectivity index (χ1v) is 14.9. The Kier molecular flexibility index (Phi) is 10.6. The molecule has 0 aliphatic rings. The maximum atomic E-state index is 14.1. The molecule has 0 aromatic heterocycles. The van der Waals surface area contributed by atoms with Crippen molar-refractivity contribution in [3.05, 3.63) is 88.9 Å². The number of hydrogen-bond acceptors (Lipinski definition) is 5. The smallest absolute Gasteiger partial charge is 0.264 e. The van der Waals surface area contributed by atoms with Gasteiger partial charge in [-0.15, -0.1) is 0 Å². The van der Waals surface area contributed by atoms with Crippen LogP contribution in [0.1, 0.15) is 38.3 Å². The van der Waals surface area contributed by atoms with Gasteiger partial charge in [0.15, 0.2) is 0 Å². The van der Waals surface area contributed by atoms with Crippen molar-refractivity contribution in [2.75, 3.05) is 18.0 Å². The van der Waals surface area contributed by atoms with Gasteiger partial charge in [-0.3, -0.25) is 13.9 Å². The maximum absolute atomic E-state index is 14.1. The number of halogens is 1. The van der Waals surface area contributed by atoms with Crippen molar-refractivity contribution in [2.24, 2.45) is 0 Å². The van der Waals surface area contributed by atoms with Gasteiger partial charge in [0.05, 0.1) is 17.7 Å². The lowest BCUT2D eigenvalue weighted by atomic mass is 10.1. The average Bonchev–Trinajstić information content (AvgIpc) is 2.92. The summed E-state index contributed by atoms with van der Waals surface area (Å²) in [6.45, 7) is 6.90. The van der Waals surface area contributed by atoms with Crippen molar-refractivity contribution in [3.63, 3.8) is 0 Å². The second-order valence-electron chi connectivity index (χ2n) is 9.71. The van der Waals surface area contributed by atoms with Crippen LogP contribution in [0.5, 0.6) is 5.75 Å². The average molecular weight is 586 g/mol. The molecule has 0 saturated heterocycles. The fourth-order valence-corrected chi connectivity index (χ4v) is 5.92. The Morgan fingerprint density at radius 1 is 0.975 bits per heavy atom. The molecule has 0 heterocycles. The van der Waals surface area contributed by atoms with E-state index < -0.39 is 28.5 Å². The number of sulfonamides is 1. The monoisotopic (exact) mass is 585 g/mol. The van der Waals surface area contributed by atoms with Crippen LogP contribution in [-0.4, -0.2) is 50.9 Å². The molecule has 0 radical (unpaired) electrons. The predicted molar refractivity (Wildman–Crippen MR) is 158 cm³/mol. The minimum atomic E-state index is -4.17. The van der Waals surface area contributed by atoms with E-state index in [1.165, 1.54) is 29.2 Å². The first-order chi connectivity index (χ1) is 19.0. The topological polar surface area (TPSA) is 96.0 Å². The van der Waals surface area contributed by atoms with Gasteiger partial charge in [-0.2, -0.15) is 0 Å². The lowest BCUT2D eigenvalue weighted by Gasteiger charge is -2.34. The van der Waals surface area contributed by atoms with Crippen LogP contribution in [0.3, 0.4) is 0 Å². The Bertz CT molecular complexity index is 1410. The van der Waals surface area contributed by atoms with Crippen LogP contribution in [0.15, 0.2) is 77.7 Å². The third-order valence-electron chi connectivity index (χ3n) is 6.39. The molecule has 1 N–H and O–H groups in total. The van der Waals surface area contributed by atoms with E-state index in [2.05, 4.69) is 5.32 Å². The molecule has 0 aliphatic carbocycles. The zero-order valence-electron chi connectivity index (χ0n) is 23.4. The number of carbonyl (C=O) groups is 2. The van der Waals surface area contributed by atoms with E-state index in [1.807, 2.05) is 32.9 Å². The Balaban J connectivity index is 2.07. The van der Waals surface area contributed by atoms with Gasteiger partial charge in [-0.05, 0) is 80.8 Å². The number of nitrogens with one attached hydrogen (secondary N) is 1. The number of aryl methyl sites for hydroxylation is 1. The van der Waals surface area contributed by atoms with Gasteiger partial charge >= 0.3 is 0 Å². The summed E-state index contributed by atoms with van der Waals surface area (Å²) < 4.78 is 34.2. The normalized spacial score (nSPS) is 12.1. The van der Waals surface area contributed by atoms with Crippen LogP contribution in [-0.2, 0) is 26.2 Å². The van der Waals surface area contributed by atoms with Crippen molar-refractivity contribution in [2.45, 2.75) is 57.6 Å². The minimum absolute atomic E-state index is 0.000695. The molecule has 0 spiro atoms. The molecule has 1 atom stereocenters. The van der Waals surface area contributed by atoms with E-state index >= 15 is 0 Å². The quantitative estimate of drug-likeness (QED) is 0.316. The number of para-hydroxylation sites is 1. The maximum Gasteiger partial charge on any atom is 0.264 e. The van der Waals surface area contributed by atoms with E-state index in [1.54, 1.807) is 50.4 Å². The highest BCUT2D eigenvalue weighted by Gasteiger charge is 2.34. The highest BCUT2D eigenvalue weighted by molar-refractivity contribution is 7.92. The molecule has 0 bridgehead atoms. The fraction of sp³-hybridized carbons (Fsp3) is 0.333. The molecule has 8 nitrogen and oxygen atoms in total. The van der Waals surface area contributed by atoms with Gasteiger partial charge in [-0.1, -0.05) is 48.9 Å². The van der Waals surface area contributed by atoms with E-state index in [0.717, 1.165) is 9.87 Å². The standard InChI is InChI=1S/C30H36ClN3O5S/c1-6-27(30(36)32-21(2)3)33(19-23-11-15-25(39-5)16-12-23)29(35)20-34(28-10-8-7-9-22(28)4)40(37,38)26-17-13-24(31)14-18-26/h7-18,21,27H,6,19-20H2,1-5H3,(H,32,36)/t27-/m0/s1.